The first-order chi connectivity index (χ1) is 18.6. The molecule has 1 aliphatic heterocycles. The van der Waals surface area contributed by atoms with Crippen molar-refractivity contribution in [3.8, 4) is 0 Å². The fourth-order valence-corrected chi connectivity index (χ4v) is 9.67. The molecule has 9 atom stereocenters. The summed E-state index contributed by atoms with van der Waals surface area (Å²) in [6.45, 7) is 3.94. The lowest BCUT2D eigenvalue weighted by Crippen LogP contribution is -2.69. The number of alkyl halides is 1. The maximum Gasteiger partial charge on any atom is 0.187 e. The number of allylic oxidation sites excluding steroid dienone is 4. The van der Waals surface area contributed by atoms with Crippen LogP contribution < -0.4 is 0 Å². The Morgan fingerprint density at radius 3 is 2.77 bits per heavy atom. The number of nitrogens with zero attached hydrogens (tertiary/aromatic N) is 2. The number of halogens is 1. The Bertz CT molecular complexity index is 1240. The molecule has 1 aromatic rings. The van der Waals surface area contributed by atoms with E-state index in [2.05, 4.69) is 4.98 Å². The highest BCUT2D eigenvalue weighted by atomic mass is 19.1. The van der Waals surface area contributed by atoms with Crippen molar-refractivity contribution in [1.82, 2.24) is 9.55 Å². The van der Waals surface area contributed by atoms with Gasteiger partial charge in [-0.25, -0.2) is 9.37 Å². The summed E-state index contributed by atoms with van der Waals surface area (Å²) in [7, 11) is 0. The number of ether oxygens (including phenoxy) is 2. The van der Waals surface area contributed by atoms with Crippen molar-refractivity contribution in [3.05, 3.63) is 42.5 Å². The molecule has 0 aromatic carbocycles. The Labute approximate surface area is 228 Å². The summed E-state index contributed by atoms with van der Waals surface area (Å²) in [4.78, 5) is 30.7. The second-order valence-electron chi connectivity index (χ2n) is 13.4. The zero-order valence-corrected chi connectivity index (χ0v) is 22.9. The van der Waals surface area contributed by atoms with Gasteiger partial charge >= 0.3 is 0 Å². The molecule has 7 rings (SSSR count). The molecular formula is C31H39FN2O5. The Morgan fingerprint density at radius 1 is 1.23 bits per heavy atom. The number of ketones is 2. The summed E-state index contributed by atoms with van der Waals surface area (Å²) in [5.41, 5.74) is -4.34. The van der Waals surface area contributed by atoms with Crippen LogP contribution in [-0.4, -0.2) is 56.0 Å². The topological polar surface area (TPSA) is 90.7 Å². The normalized spacial score (nSPS) is 47.2. The van der Waals surface area contributed by atoms with Crippen molar-refractivity contribution in [1.29, 1.82) is 0 Å². The van der Waals surface area contributed by atoms with Crippen LogP contribution in [0, 0.1) is 28.6 Å². The van der Waals surface area contributed by atoms with E-state index < -0.39 is 46.5 Å². The molecule has 8 heteroatoms. The molecule has 0 bridgehead atoms. The molecule has 1 N–H and O–H groups in total. The highest BCUT2D eigenvalue weighted by Crippen LogP contribution is 2.71. The molecule has 3 saturated carbocycles. The molecule has 1 saturated heterocycles. The first-order valence-electron chi connectivity index (χ1n) is 14.7. The molecule has 6 aliphatic rings. The van der Waals surface area contributed by atoms with Gasteiger partial charge in [-0.15, -0.1) is 0 Å². The molecule has 0 unspecified atom stereocenters. The van der Waals surface area contributed by atoms with Crippen LogP contribution in [0.3, 0.4) is 0 Å². The van der Waals surface area contributed by atoms with Gasteiger partial charge in [0.25, 0.3) is 0 Å². The minimum atomic E-state index is -1.95. The summed E-state index contributed by atoms with van der Waals surface area (Å²) in [6.07, 6.45) is 14.6. The standard InChI is InChI=1S/C31H39FN2O5/c1-28-11-10-21(35)14-20(28)8-9-22-23-15-26-31(25(37)17-34-13-12-33-18-34,29(23,2)16-24(36)30(22,28)32)39-27(38-26)19-6-4-3-5-7-19/h8,10-13,18-19,22-24,26-27,36H,3-7,9,14-17H2,1-2H3/t22-,23-,24-,26+,27+,28-,29-,30-,31+/m0/s1. The molecule has 210 valence electrons. The summed E-state index contributed by atoms with van der Waals surface area (Å²) >= 11 is 0. The van der Waals surface area contributed by atoms with E-state index in [-0.39, 0.29) is 42.8 Å². The minimum Gasteiger partial charge on any atom is -0.390 e. The summed E-state index contributed by atoms with van der Waals surface area (Å²) in [5, 5.41) is 11.8. The van der Waals surface area contributed by atoms with Gasteiger partial charge in [0, 0.05) is 41.5 Å². The third-order valence-corrected chi connectivity index (χ3v) is 11.7. The Kier molecular flexibility index (Phi) is 5.73. The van der Waals surface area contributed by atoms with E-state index in [1.807, 2.05) is 19.9 Å². The lowest BCUT2D eigenvalue weighted by atomic mass is 9.45. The lowest BCUT2D eigenvalue weighted by molar-refractivity contribution is -0.232. The van der Waals surface area contributed by atoms with Gasteiger partial charge in [0.2, 0.25) is 0 Å². The largest absolute Gasteiger partial charge is 0.390 e. The van der Waals surface area contributed by atoms with E-state index >= 15 is 4.39 Å². The number of aliphatic hydroxyl groups is 1. The van der Waals surface area contributed by atoms with E-state index in [4.69, 9.17) is 9.47 Å². The number of carbonyl (C=O) groups excluding carboxylic acids is 2. The average molecular weight is 539 g/mol. The first-order valence-corrected chi connectivity index (χ1v) is 14.7. The molecule has 0 amide bonds. The Hall–Kier alpha value is -2.16. The van der Waals surface area contributed by atoms with Gasteiger partial charge in [0.1, 0.15) is 0 Å². The van der Waals surface area contributed by atoms with Crippen LogP contribution in [0.25, 0.3) is 0 Å². The first kappa shape index (κ1) is 25.8. The lowest BCUT2D eigenvalue weighted by Gasteiger charge is -2.62. The van der Waals surface area contributed by atoms with Gasteiger partial charge in [0.05, 0.1) is 25.1 Å². The molecule has 1 aromatic heterocycles. The predicted molar refractivity (Wildman–Crippen MR) is 140 cm³/mol. The number of aliphatic hydroxyl groups excluding tert-OH is 1. The quantitative estimate of drug-likeness (QED) is 0.568. The van der Waals surface area contributed by atoms with Crippen LogP contribution >= 0.6 is 0 Å². The van der Waals surface area contributed by atoms with Crippen molar-refractivity contribution in [3.63, 3.8) is 0 Å². The molecule has 39 heavy (non-hydrogen) atoms. The van der Waals surface area contributed by atoms with Gasteiger partial charge < -0.3 is 19.1 Å². The second kappa shape index (κ2) is 8.67. The fraction of sp³-hybridized carbons (Fsp3) is 0.710. The number of hydrogen-bond donors (Lipinski definition) is 1. The molecule has 7 nitrogen and oxygen atoms in total. The Morgan fingerprint density at radius 2 is 2.03 bits per heavy atom. The summed E-state index contributed by atoms with van der Waals surface area (Å²) in [6, 6.07) is 0. The summed E-state index contributed by atoms with van der Waals surface area (Å²) in [5.74, 6) is -0.640. The van der Waals surface area contributed by atoms with Crippen molar-refractivity contribution in [2.45, 2.75) is 108 Å². The second-order valence-corrected chi connectivity index (χ2v) is 13.4. The molecule has 4 fully saturated rings. The molecule has 0 spiro atoms. The predicted octanol–water partition coefficient (Wildman–Crippen LogP) is 4.49. The van der Waals surface area contributed by atoms with Crippen molar-refractivity contribution in [2.75, 3.05) is 0 Å². The number of hydrogen-bond acceptors (Lipinski definition) is 6. The third-order valence-electron chi connectivity index (χ3n) is 11.7. The van der Waals surface area contributed by atoms with Gasteiger partial charge in [-0.05, 0) is 51.0 Å². The van der Waals surface area contributed by atoms with Crippen molar-refractivity contribution >= 4 is 11.6 Å². The zero-order chi connectivity index (χ0) is 27.2. The minimum absolute atomic E-state index is 0.0362. The molecule has 0 radical (unpaired) electrons. The van der Waals surface area contributed by atoms with Crippen LogP contribution in [0.15, 0.2) is 42.5 Å². The molecule has 2 heterocycles. The van der Waals surface area contributed by atoms with Gasteiger partial charge in [0.15, 0.2) is 29.1 Å². The monoisotopic (exact) mass is 538 g/mol. The van der Waals surface area contributed by atoms with E-state index in [1.165, 1.54) is 12.5 Å². The number of aromatic nitrogens is 2. The van der Waals surface area contributed by atoms with Crippen LogP contribution in [0.4, 0.5) is 4.39 Å². The van der Waals surface area contributed by atoms with Crippen molar-refractivity contribution < 1.29 is 28.6 Å². The number of Topliss-reactive ketones (excluding diaryl/α,β-unsaturated/α-hetero) is 1. The smallest absolute Gasteiger partial charge is 0.187 e. The highest BCUT2D eigenvalue weighted by molar-refractivity contribution is 5.93. The maximum atomic E-state index is 17.6. The van der Waals surface area contributed by atoms with E-state index in [0.29, 0.717) is 12.8 Å². The number of fused-ring (bicyclic) bond motifs is 7. The highest BCUT2D eigenvalue weighted by Gasteiger charge is 2.79. The van der Waals surface area contributed by atoms with Crippen LogP contribution in [-0.2, 0) is 25.6 Å². The fourth-order valence-electron chi connectivity index (χ4n) is 9.67. The van der Waals surface area contributed by atoms with Crippen molar-refractivity contribution in [2.24, 2.45) is 28.6 Å². The average Bonchev–Trinajstić information content (AvgIpc) is 3.62. The summed E-state index contributed by atoms with van der Waals surface area (Å²) < 4.78 is 32.9. The maximum absolute atomic E-state index is 17.6. The van der Waals surface area contributed by atoms with Gasteiger partial charge in [-0.1, -0.05) is 43.9 Å². The third kappa shape index (κ3) is 3.28. The van der Waals surface area contributed by atoms with Crippen LogP contribution in [0.2, 0.25) is 0 Å². The SMILES string of the molecule is C[C@]12C=CC(=O)CC1=CC[C@H]1[C@@H]3C[C@H]4O[C@@H](C5CCCCC5)O[C@@]4(C(=O)Cn4ccnc4)[C@@]3(C)C[C@H](O)[C@@]12F. The van der Waals surface area contributed by atoms with E-state index in [9.17, 15) is 14.7 Å². The van der Waals surface area contributed by atoms with Gasteiger partial charge in [-0.3, -0.25) is 9.59 Å². The molecular weight excluding hydrogens is 499 g/mol. The number of imidazole rings is 1. The molecule has 5 aliphatic carbocycles. The van der Waals surface area contributed by atoms with Crippen LogP contribution in [0.5, 0.6) is 0 Å². The van der Waals surface area contributed by atoms with Gasteiger partial charge in [-0.2, -0.15) is 0 Å². The number of rotatable bonds is 4. The zero-order valence-electron chi connectivity index (χ0n) is 22.9. The Balaban J connectivity index is 1.30. The van der Waals surface area contributed by atoms with E-state index in [1.54, 1.807) is 29.4 Å². The van der Waals surface area contributed by atoms with E-state index in [0.717, 1.165) is 31.3 Å². The van der Waals surface area contributed by atoms with Crippen LogP contribution in [0.1, 0.15) is 71.6 Å². The number of carbonyl (C=O) groups is 2.